The van der Waals surface area contributed by atoms with Crippen LogP contribution in [0.3, 0.4) is 0 Å². The number of benzene rings is 1. The first-order valence-corrected chi connectivity index (χ1v) is 8.47. The lowest BCUT2D eigenvalue weighted by molar-refractivity contribution is 0.0744. The molecular formula is C19H19N3O4. The highest BCUT2D eigenvalue weighted by molar-refractivity contribution is 5.91. The van der Waals surface area contributed by atoms with E-state index in [1.165, 1.54) is 6.26 Å². The first-order valence-electron chi connectivity index (χ1n) is 8.47. The van der Waals surface area contributed by atoms with Crippen molar-refractivity contribution in [3.05, 3.63) is 60.4 Å². The molecule has 1 amide bonds. The number of ether oxygens (including phenoxy) is 1. The van der Waals surface area contributed by atoms with E-state index in [-0.39, 0.29) is 17.7 Å². The van der Waals surface area contributed by atoms with Gasteiger partial charge in [-0.15, -0.1) is 10.2 Å². The monoisotopic (exact) mass is 353 g/mol. The number of methoxy groups -OCH3 is 1. The number of furan rings is 1. The second-order valence-corrected chi connectivity index (χ2v) is 6.32. The molecule has 1 aliphatic heterocycles. The summed E-state index contributed by atoms with van der Waals surface area (Å²) in [6.07, 6.45) is 1.50. The molecule has 0 radical (unpaired) electrons. The lowest BCUT2D eigenvalue weighted by Crippen LogP contribution is -2.29. The molecule has 7 heteroatoms. The molecule has 0 aliphatic carbocycles. The smallest absolute Gasteiger partial charge is 0.289 e. The molecule has 1 aliphatic rings. The average molecular weight is 353 g/mol. The zero-order valence-corrected chi connectivity index (χ0v) is 14.4. The van der Waals surface area contributed by atoms with Crippen molar-refractivity contribution >= 4 is 5.91 Å². The molecule has 0 N–H and O–H groups in total. The molecule has 2 atom stereocenters. The number of likely N-dealkylation sites (tertiary alicyclic amines) is 1. The summed E-state index contributed by atoms with van der Waals surface area (Å²) in [7, 11) is 1.65. The van der Waals surface area contributed by atoms with Gasteiger partial charge in [-0.1, -0.05) is 18.2 Å². The Labute approximate surface area is 150 Å². The first kappa shape index (κ1) is 16.5. The predicted molar refractivity (Wildman–Crippen MR) is 92.5 cm³/mol. The topological polar surface area (TPSA) is 81.6 Å². The molecular weight excluding hydrogens is 334 g/mol. The highest BCUT2D eigenvalue weighted by Crippen LogP contribution is 2.34. The maximum absolute atomic E-state index is 12.6. The van der Waals surface area contributed by atoms with Crippen LogP contribution in [0, 0.1) is 5.92 Å². The lowest BCUT2D eigenvalue weighted by atomic mass is 9.97. The van der Waals surface area contributed by atoms with E-state index in [9.17, 15) is 4.79 Å². The molecule has 0 spiro atoms. The standard InChI is InChI=1S/C19H19N3O4/c1-24-12-14-10-22(19(23)16-8-5-9-25-16)11-15(14)18-21-20-17(26-18)13-6-3-2-4-7-13/h2-9,14-15H,10-12H2,1H3/t14-,15+/m0/s1. The van der Waals surface area contributed by atoms with Gasteiger partial charge in [0.25, 0.3) is 5.91 Å². The Morgan fingerprint density at radius 1 is 1.19 bits per heavy atom. The van der Waals surface area contributed by atoms with E-state index in [1.807, 2.05) is 30.3 Å². The number of aromatic nitrogens is 2. The minimum absolute atomic E-state index is 0.0705. The maximum Gasteiger partial charge on any atom is 0.289 e. The van der Waals surface area contributed by atoms with Crippen molar-refractivity contribution in [1.82, 2.24) is 15.1 Å². The van der Waals surface area contributed by atoms with E-state index in [1.54, 1.807) is 24.1 Å². The molecule has 134 valence electrons. The zero-order chi connectivity index (χ0) is 17.9. The molecule has 26 heavy (non-hydrogen) atoms. The van der Waals surface area contributed by atoms with Gasteiger partial charge in [0.15, 0.2) is 5.76 Å². The van der Waals surface area contributed by atoms with Gasteiger partial charge in [0.05, 0.1) is 18.8 Å². The highest BCUT2D eigenvalue weighted by atomic mass is 16.5. The Kier molecular flexibility index (Phi) is 4.53. The van der Waals surface area contributed by atoms with Crippen molar-refractivity contribution in [1.29, 1.82) is 0 Å². The van der Waals surface area contributed by atoms with E-state index < -0.39 is 0 Å². The van der Waals surface area contributed by atoms with E-state index in [2.05, 4.69) is 10.2 Å². The minimum Gasteiger partial charge on any atom is -0.459 e. The molecule has 4 rings (SSSR count). The van der Waals surface area contributed by atoms with Crippen molar-refractivity contribution in [3.63, 3.8) is 0 Å². The van der Waals surface area contributed by atoms with Gasteiger partial charge in [0, 0.05) is 31.7 Å². The zero-order valence-electron chi connectivity index (χ0n) is 14.4. The van der Waals surface area contributed by atoms with Crippen LogP contribution in [-0.2, 0) is 4.74 Å². The van der Waals surface area contributed by atoms with E-state index in [4.69, 9.17) is 13.6 Å². The summed E-state index contributed by atoms with van der Waals surface area (Å²) in [5, 5.41) is 8.40. The van der Waals surface area contributed by atoms with Crippen LogP contribution >= 0.6 is 0 Å². The fourth-order valence-corrected chi connectivity index (χ4v) is 3.34. The van der Waals surface area contributed by atoms with Crippen LogP contribution in [0.15, 0.2) is 57.6 Å². The van der Waals surface area contributed by atoms with E-state index >= 15 is 0 Å². The Morgan fingerprint density at radius 2 is 2.04 bits per heavy atom. The Morgan fingerprint density at radius 3 is 2.77 bits per heavy atom. The third kappa shape index (κ3) is 3.13. The van der Waals surface area contributed by atoms with Crippen LogP contribution < -0.4 is 0 Å². The molecule has 3 heterocycles. The third-order valence-electron chi connectivity index (χ3n) is 4.62. The largest absolute Gasteiger partial charge is 0.459 e. The summed E-state index contributed by atoms with van der Waals surface area (Å²) in [5.41, 5.74) is 0.871. The normalized spacial score (nSPS) is 19.8. The molecule has 1 aromatic carbocycles. The number of carbonyl (C=O) groups excluding carboxylic acids is 1. The number of amides is 1. The van der Waals surface area contributed by atoms with Crippen molar-refractivity contribution in [2.75, 3.05) is 26.8 Å². The van der Waals surface area contributed by atoms with Crippen LogP contribution in [0.4, 0.5) is 0 Å². The van der Waals surface area contributed by atoms with Gasteiger partial charge in [0.1, 0.15) is 0 Å². The molecule has 7 nitrogen and oxygen atoms in total. The summed E-state index contributed by atoms with van der Waals surface area (Å²) in [4.78, 5) is 14.3. The highest BCUT2D eigenvalue weighted by Gasteiger charge is 2.40. The summed E-state index contributed by atoms with van der Waals surface area (Å²) in [6, 6.07) is 13.0. The quantitative estimate of drug-likeness (QED) is 0.701. The number of rotatable bonds is 5. The van der Waals surface area contributed by atoms with Crippen molar-refractivity contribution in [2.24, 2.45) is 5.92 Å². The number of carbonyl (C=O) groups is 1. The summed E-state index contributed by atoms with van der Waals surface area (Å²) >= 11 is 0. The van der Waals surface area contributed by atoms with Crippen LogP contribution in [0.2, 0.25) is 0 Å². The van der Waals surface area contributed by atoms with Crippen molar-refractivity contribution in [3.8, 4) is 11.5 Å². The fraction of sp³-hybridized carbons (Fsp3) is 0.316. The van der Waals surface area contributed by atoms with Gasteiger partial charge in [-0.2, -0.15) is 0 Å². The summed E-state index contributed by atoms with van der Waals surface area (Å²) < 4.78 is 16.5. The van der Waals surface area contributed by atoms with Gasteiger partial charge in [-0.3, -0.25) is 4.79 Å². The number of hydrogen-bond donors (Lipinski definition) is 0. The number of hydrogen-bond acceptors (Lipinski definition) is 6. The van der Waals surface area contributed by atoms with Crippen LogP contribution in [0.1, 0.15) is 22.4 Å². The molecule has 1 fully saturated rings. The Balaban J connectivity index is 1.56. The van der Waals surface area contributed by atoms with E-state index in [0.29, 0.717) is 37.2 Å². The predicted octanol–water partition coefficient (Wildman–Crippen LogP) is 2.83. The Bertz CT molecular complexity index is 860. The molecule has 1 saturated heterocycles. The second-order valence-electron chi connectivity index (χ2n) is 6.32. The van der Waals surface area contributed by atoms with Crippen molar-refractivity contribution in [2.45, 2.75) is 5.92 Å². The molecule has 3 aromatic rings. The molecule has 0 unspecified atom stereocenters. The second kappa shape index (κ2) is 7.13. The van der Waals surface area contributed by atoms with Gasteiger partial charge in [-0.25, -0.2) is 0 Å². The first-order chi connectivity index (χ1) is 12.8. The van der Waals surface area contributed by atoms with E-state index in [0.717, 1.165) is 5.56 Å². The van der Waals surface area contributed by atoms with Gasteiger partial charge >= 0.3 is 0 Å². The Hall–Kier alpha value is -2.93. The van der Waals surface area contributed by atoms with Crippen LogP contribution in [-0.4, -0.2) is 47.8 Å². The van der Waals surface area contributed by atoms with Crippen LogP contribution in [0.25, 0.3) is 11.5 Å². The lowest BCUT2D eigenvalue weighted by Gasteiger charge is -2.14. The minimum atomic E-state index is -0.138. The van der Waals surface area contributed by atoms with Gasteiger partial charge < -0.3 is 18.5 Å². The number of nitrogens with zero attached hydrogens (tertiary/aromatic N) is 3. The molecule has 0 saturated carbocycles. The van der Waals surface area contributed by atoms with Gasteiger partial charge in [-0.05, 0) is 24.3 Å². The maximum atomic E-state index is 12.6. The SMILES string of the molecule is COC[C@@H]1CN(C(=O)c2ccco2)C[C@H]1c1nnc(-c2ccccc2)o1. The third-order valence-corrected chi connectivity index (χ3v) is 4.62. The van der Waals surface area contributed by atoms with Crippen LogP contribution in [0.5, 0.6) is 0 Å². The molecule has 2 aromatic heterocycles. The van der Waals surface area contributed by atoms with Crippen molar-refractivity contribution < 1.29 is 18.4 Å². The summed E-state index contributed by atoms with van der Waals surface area (Å²) in [6.45, 7) is 1.56. The summed E-state index contributed by atoms with van der Waals surface area (Å²) in [5.74, 6) is 1.22. The fourth-order valence-electron chi connectivity index (χ4n) is 3.34. The molecule has 0 bridgehead atoms. The average Bonchev–Trinajstić information content (AvgIpc) is 3.42. The van der Waals surface area contributed by atoms with Gasteiger partial charge in [0.2, 0.25) is 11.8 Å².